The molecule has 0 bridgehead atoms. The number of aromatic amines is 1. The number of benzene rings is 1. The Labute approximate surface area is 140 Å². The molecule has 1 aromatic carbocycles. The van der Waals surface area contributed by atoms with Crippen LogP contribution in [-0.2, 0) is 0 Å². The second kappa shape index (κ2) is 5.87. The summed E-state index contributed by atoms with van der Waals surface area (Å²) >= 11 is 0. The van der Waals surface area contributed by atoms with Crippen LogP contribution < -0.4 is 10.5 Å². The van der Waals surface area contributed by atoms with Crippen LogP contribution in [-0.4, -0.2) is 27.7 Å². The van der Waals surface area contributed by atoms with Gasteiger partial charge in [-0.15, -0.1) is 0 Å². The van der Waals surface area contributed by atoms with E-state index in [0.29, 0.717) is 11.3 Å². The lowest BCUT2D eigenvalue weighted by atomic mass is 10.0. The highest BCUT2D eigenvalue weighted by Crippen LogP contribution is 2.38. The molecule has 2 aromatic heterocycles. The summed E-state index contributed by atoms with van der Waals surface area (Å²) in [5.41, 5.74) is 0.163. The first-order chi connectivity index (χ1) is 12.0. The minimum absolute atomic E-state index is 0.0166. The summed E-state index contributed by atoms with van der Waals surface area (Å²) in [6.07, 6.45) is 0.0748. The summed E-state index contributed by atoms with van der Waals surface area (Å²) in [7, 11) is 0. The Morgan fingerprint density at radius 3 is 2.88 bits per heavy atom. The number of pyridine rings is 1. The van der Waals surface area contributed by atoms with E-state index in [2.05, 4.69) is 15.0 Å². The number of aromatic nitrogens is 3. The highest BCUT2D eigenvalue weighted by molar-refractivity contribution is 5.75. The lowest BCUT2D eigenvalue weighted by Crippen LogP contribution is -2.26. The molecule has 5 nitrogen and oxygen atoms in total. The number of nitrogens with one attached hydrogen (secondary N) is 1. The number of alkyl halides is 1. The molecule has 3 aromatic rings. The number of hydrogen-bond donors (Lipinski definition) is 1. The molecular formula is C17H13F3N4O. The minimum atomic E-state index is -1.21. The molecule has 1 saturated heterocycles. The first-order valence-corrected chi connectivity index (χ1v) is 7.73. The predicted octanol–water partition coefficient (Wildman–Crippen LogP) is 2.89. The molecular weight excluding hydrogens is 333 g/mol. The van der Waals surface area contributed by atoms with Crippen molar-refractivity contribution >= 4 is 16.9 Å². The molecule has 2 atom stereocenters. The Morgan fingerprint density at radius 2 is 2.04 bits per heavy atom. The van der Waals surface area contributed by atoms with E-state index in [-0.39, 0.29) is 24.0 Å². The standard InChI is InChI=1S/C17H13F3N4O/c18-9-1-2-12(20)11(5-9)14-6-10(19)7-24(14)15-4-3-13-16(23-15)17(25)22-8-21-13/h1-5,8,10,14H,6-7H2,(H,21,22,25)/t10-,14+/m0/s1. The van der Waals surface area contributed by atoms with E-state index in [4.69, 9.17) is 0 Å². The number of H-pyrrole nitrogens is 1. The minimum Gasteiger partial charge on any atom is -0.346 e. The van der Waals surface area contributed by atoms with Crippen molar-refractivity contribution in [3.8, 4) is 0 Å². The van der Waals surface area contributed by atoms with E-state index in [9.17, 15) is 18.0 Å². The van der Waals surface area contributed by atoms with Gasteiger partial charge in [0.05, 0.1) is 24.4 Å². The lowest BCUT2D eigenvalue weighted by molar-refractivity contribution is 0.355. The number of fused-ring (bicyclic) bond motifs is 1. The molecule has 1 aliphatic heterocycles. The Morgan fingerprint density at radius 1 is 1.20 bits per heavy atom. The molecule has 0 saturated carbocycles. The van der Waals surface area contributed by atoms with Crippen molar-refractivity contribution in [3.05, 3.63) is 64.2 Å². The first kappa shape index (κ1) is 15.6. The number of halogens is 3. The number of hydrogen-bond acceptors (Lipinski definition) is 4. The molecule has 4 rings (SSSR count). The van der Waals surface area contributed by atoms with E-state index < -0.39 is 29.4 Å². The van der Waals surface area contributed by atoms with Gasteiger partial charge in [0, 0.05) is 12.0 Å². The highest BCUT2D eigenvalue weighted by atomic mass is 19.1. The second-order valence-corrected chi connectivity index (χ2v) is 5.94. The van der Waals surface area contributed by atoms with Gasteiger partial charge in [0.15, 0.2) is 5.52 Å². The average molecular weight is 346 g/mol. The van der Waals surface area contributed by atoms with Crippen LogP contribution in [0.15, 0.2) is 41.5 Å². The highest BCUT2D eigenvalue weighted by Gasteiger charge is 2.36. The largest absolute Gasteiger partial charge is 0.346 e. The topological polar surface area (TPSA) is 61.9 Å². The van der Waals surface area contributed by atoms with Crippen LogP contribution in [0.25, 0.3) is 11.0 Å². The van der Waals surface area contributed by atoms with Gasteiger partial charge < -0.3 is 9.88 Å². The van der Waals surface area contributed by atoms with Crippen molar-refractivity contribution in [2.45, 2.75) is 18.6 Å². The van der Waals surface area contributed by atoms with Crippen molar-refractivity contribution in [1.29, 1.82) is 0 Å². The van der Waals surface area contributed by atoms with E-state index in [1.54, 1.807) is 17.0 Å². The van der Waals surface area contributed by atoms with E-state index >= 15 is 0 Å². The van der Waals surface area contributed by atoms with Crippen molar-refractivity contribution in [1.82, 2.24) is 15.0 Å². The third-order valence-electron chi connectivity index (χ3n) is 4.33. The summed E-state index contributed by atoms with van der Waals surface area (Å²) in [4.78, 5) is 24.1. The third kappa shape index (κ3) is 2.73. The van der Waals surface area contributed by atoms with Gasteiger partial charge in [0.1, 0.15) is 23.6 Å². The summed E-state index contributed by atoms with van der Waals surface area (Å²) in [5, 5.41) is 0. The maximum atomic E-state index is 14.2. The van der Waals surface area contributed by atoms with E-state index in [1.165, 1.54) is 6.33 Å². The van der Waals surface area contributed by atoms with Gasteiger partial charge in [0.2, 0.25) is 0 Å². The van der Waals surface area contributed by atoms with Gasteiger partial charge in [-0.1, -0.05) is 0 Å². The monoisotopic (exact) mass is 346 g/mol. The number of rotatable bonds is 2. The molecule has 0 unspecified atom stereocenters. The zero-order chi connectivity index (χ0) is 17.6. The van der Waals surface area contributed by atoms with E-state index in [0.717, 1.165) is 18.2 Å². The molecule has 25 heavy (non-hydrogen) atoms. The fraction of sp³-hybridized carbons (Fsp3) is 0.235. The molecule has 128 valence electrons. The summed E-state index contributed by atoms with van der Waals surface area (Å²) < 4.78 is 41.7. The van der Waals surface area contributed by atoms with Crippen molar-refractivity contribution in [2.24, 2.45) is 0 Å². The smallest absolute Gasteiger partial charge is 0.277 e. The van der Waals surface area contributed by atoms with Gasteiger partial charge in [-0.3, -0.25) is 4.79 Å². The second-order valence-electron chi connectivity index (χ2n) is 5.94. The van der Waals surface area contributed by atoms with Crippen molar-refractivity contribution in [2.75, 3.05) is 11.4 Å². The first-order valence-electron chi connectivity index (χ1n) is 7.73. The van der Waals surface area contributed by atoms with Crippen LogP contribution in [0.5, 0.6) is 0 Å². The van der Waals surface area contributed by atoms with Crippen LogP contribution in [0, 0.1) is 11.6 Å². The third-order valence-corrected chi connectivity index (χ3v) is 4.33. The summed E-state index contributed by atoms with van der Waals surface area (Å²) in [6, 6.07) is 5.60. The van der Waals surface area contributed by atoms with E-state index in [1.807, 2.05) is 0 Å². The Hall–Kier alpha value is -2.90. The summed E-state index contributed by atoms with van der Waals surface area (Å²) in [5.74, 6) is -0.878. The fourth-order valence-electron chi connectivity index (χ4n) is 3.20. The molecule has 8 heteroatoms. The summed E-state index contributed by atoms with van der Waals surface area (Å²) in [6.45, 7) is -0.0166. The van der Waals surface area contributed by atoms with Gasteiger partial charge in [-0.2, -0.15) is 0 Å². The van der Waals surface area contributed by atoms with Crippen LogP contribution in [0.1, 0.15) is 18.0 Å². The quantitative estimate of drug-likeness (QED) is 0.775. The maximum absolute atomic E-state index is 14.2. The molecule has 0 radical (unpaired) electrons. The predicted molar refractivity (Wildman–Crippen MR) is 86.1 cm³/mol. The normalized spacial score (nSPS) is 20.4. The van der Waals surface area contributed by atoms with Gasteiger partial charge >= 0.3 is 0 Å². The van der Waals surface area contributed by atoms with Crippen LogP contribution in [0.2, 0.25) is 0 Å². The van der Waals surface area contributed by atoms with Gasteiger partial charge in [-0.25, -0.2) is 23.1 Å². The SMILES string of the molecule is O=c1[nH]cnc2ccc(N3C[C@@H](F)C[C@@H]3c3cc(F)ccc3F)nc12. The van der Waals surface area contributed by atoms with Crippen LogP contribution >= 0.6 is 0 Å². The van der Waals surface area contributed by atoms with Gasteiger partial charge in [-0.05, 0) is 30.3 Å². The number of anilines is 1. The Balaban J connectivity index is 1.81. The number of nitrogens with zero attached hydrogens (tertiary/aromatic N) is 3. The zero-order valence-electron chi connectivity index (χ0n) is 12.9. The van der Waals surface area contributed by atoms with Gasteiger partial charge in [0.25, 0.3) is 5.56 Å². The molecule has 1 N–H and O–H groups in total. The van der Waals surface area contributed by atoms with Crippen LogP contribution in [0.4, 0.5) is 19.0 Å². The maximum Gasteiger partial charge on any atom is 0.277 e. The lowest BCUT2D eigenvalue weighted by Gasteiger charge is -2.26. The fourth-order valence-corrected chi connectivity index (χ4v) is 3.20. The average Bonchev–Trinajstić information content (AvgIpc) is 2.99. The molecule has 0 aliphatic carbocycles. The molecule has 0 amide bonds. The van der Waals surface area contributed by atoms with Crippen molar-refractivity contribution in [3.63, 3.8) is 0 Å². The zero-order valence-corrected chi connectivity index (χ0v) is 12.9. The Bertz CT molecular complexity index is 1010. The molecule has 3 heterocycles. The Kier molecular flexibility index (Phi) is 3.67. The van der Waals surface area contributed by atoms with Crippen molar-refractivity contribution < 1.29 is 13.2 Å². The molecule has 1 aliphatic rings. The molecule has 1 fully saturated rings. The van der Waals surface area contributed by atoms with Crippen LogP contribution in [0.3, 0.4) is 0 Å². The molecule has 0 spiro atoms.